The van der Waals surface area contributed by atoms with Crippen molar-refractivity contribution in [3.63, 3.8) is 0 Å². The van der Waals surface area contributed by atoms with E-state index in [9.17, 15) is 9.59 Å². The Labute approximate surface area is 178 Å². The molecular formula is C25H44O4. The zero-order chi connectivity index (χ0) is 21.2. The van der Waals surface area contributed by atoms with Gasteiger partial charge < -0.3 is 9.47 Å². The zero-order valence-corrected chi connectivity index (χ0v) is 19.3. The largest absolute Gasteiger partial charge is 0.465 e. The molecule has 2 aliphatic rings. The molecule has 2 saturated carbocycles. The van der Waals surface area contributed by atoms with Gasteiger partial charge in [0.25, 0.3) is 0 Å². The molecule has 0 aromatic carbocycles. The molecule has 4 nitrogen and oxygen atoms in total. The molecule has 0 aliphatic heterocycles. The van der Waals surface area contributed by atoms with Crippen LogP contribution in [0.4, 0.5) is 0 Å². The van der Waals surface area contributed by atoms with Crippen molar-refractivity contribution in [1.29, 1.82) is 0 Å². The average molecular weight is 409 g/mol. The zero-order valence-electron chi connectivity index (χ0n) is 19.3. The summed E-state index contributed by atoms with van der Waals surface area (Å²) in [6.45, 7) is 10.0. The third-order valence-corrected chi connectivity index (χ3v) is 7.69. The minimum atomic E-state index is -0.450. The van der Waals surface area contributed by atoms with Crippen molar-refractivity contribution < 1.29 is 19.1 Å². The van der Waals surface area contributed by atoms with Crippen molar-refractivity contribution in [2.75, 3.05) is 13.2 Å². The van der Waals surface area contributed by atoms with Crippen molar-refractivity contribution in [2.45, 2.75) is 98.3 Å². The summed E-state index contributed by atoms with van der Waals surface area (Å²) in [5, 5.41) is 0. The van der Waals surface area contributed by atoms with Crippen molar-refractivity contribution in [2.24, 2.45) is 35.5 Å². The van der Waals surface area contributed by atoms with Crippen LogP contribution in [0.15, 0.2) is 0 Å². The van der Waals surface area contributed by atoms with Gasteiger partial charge in [-0.25, -0.2) is 0 Å². The maximum atomic E-state index is 11.9. The molecular weight excluding hydrogens is 364 g/mol. The van der Waals surface area contributed by atoms with E-state index < -0.39 is 11.9 Å². The minimum absolute atomic E-state index is 0.259. The monoisotopic (exact) mass is 408 g/mol. The number of hydrogen-bond acceptors (Lipinski definition) is 4. The third-order valence-electron chi connectivity index (χ3n) is 7.69. The molecule has 4 heteroatoms. The second kappa shape index (κ2) is 12.6. The maximum absolute atomic E-state index is 11.9. The normalized spacial score (nSPS) is 29.7. The molecule has 2 aliphatic carbocycles. The Hall–Kier alpha value is -1.06. The first-order chi connectivity index (χ1) is 13.8. The minimum Gasteiger partial charge on any atom is -0.465 e. The van der Waals surface area contributed by atoms with Gasteiger partial charge in [-0.2, -0.15) is 0 Å². The Morgan fingerprint density at radius 1 is 0.690 bits per heavy atom. The summed E-state index contributed by atoms with van der Waals surface area (Å²) in [6.07, 6.45) is 12.0. The van der Waals surface area contributed by atoms with E-state index in [0.717, 1.165) is 36.5 Å². The van der Waals surface area contributed by atoms with Gasteiger partial charge in [-0.15, -0.1) is 0 Å². The molecule has 2 atom stereocenters. The van der Waals surface area contributed by atoms with Gasteiger partial charge in [0.2, 0.25) is 0 Å². The number of ether oxygens (including phenoxy) is 2. The molecule has 168 valence electrons. The number of rotatable bonds is 10. The molecule has 0 aromatic rings. The number of carbonyl (C=O) groups is 2. The van der Waals surface area contributed by atoms with E-state index in [4.69, 9.17) is 9.47 Å². The van der Waals surface area contributed by atoms with Crippen LogP contribution in [0.1, 0.15) is 98.3 Å². The van der Waals surface area contributed by atoms with Gasteiger partial charge >= 0.3 is 11.9 Å². The lowest BCUT2D eigenvalue weighted by Crippen LogP contribution is -2.22. The van der Waals surface area contributed by atoms with Gasteiger partial charge in [0, 0.05) is 0 Å². The van der Waals surface area contributed by atoms with Crippen LogP contribution < -0.4 is 0 Å². The average Bonchev–Trinajstić information content (AvgIpc) is 2.68. The Morgan fingerprint density at radius 3 is 1.38 bits per heavy atom. The summed E-state index contributed by atoms with van der Waals surface area (Å²) in [6, 6.07) is 0. The number of hydrogen-bond donors (Lipinski definition) is 0. The van der Waals surface area contributed by atoms with Crippen LogP contribution in [0.25, 0.3) is 0 Å². The van der Waals surface area contributed by atoms with Crippen LogP contribution in [0.3, 0.4) is 0 Å². The van der Waals surface area contributed by atoms with Crippen LogP contribution >= 0.6 is 0 Å². The summed E-state index contributed by atoms with van der Waals surface area (Å²) in [5.74, 6) is 3.47. The molecule has 0 aromatic heterocycles. The fourth-order valence-corrected chi connectivity index (χ4v) is 5.12. The fourth-order valence-electron chi connectivity index (χ4n) is 5.12. The molecule has 2 unspecified atom stereocenters. The Bertz CT molecular complexity index is 443. The Morgan fingerprint density at radius 2 is 1.03 bits per heavy atom. The summed E-state index contributed by atoms with van der Waals surface area (Å²) < 4.78 is 10.6. The molecule has 0 N–H and O–H groups in total. The van der Waals surface area contributed by atoms with Gasteiger partial charge in [0.1, 0.15) is 6.42 Å². The summed E-state index contributed by atoms with van der Waals surface area (Å²) in [7, 11) is 0. The first-order valence-electron chi connectivity index (χ1n) is 12.2. The second-order valence-electron chi connectivity index (χ2n) is 10.2. The summed E-state index contributed by atoms with van der Waals surface area (Å²) in [4.78, 5) is 23.8. The Kier molecular flexibility index (Phi) is 10.5. The van der Waals surface area contributed by atoms with Gasteiger partial charge in [-0.3, -0.25) is 9.59 Å². The number of carbonyl (C=O) groups excluding carboxylic acids is 2. The van der Waals surface area contributed by atoms with Gasteiger partial charge in [0.05, 0.1) is 13.2 Å². The van der Waals surface area contributed by atoms with E-state index in [-0.39, 0.29) is 6.42 Å². The van der Waals surface area contributed by atoms with Gasteiger partial charge in [-0.05, 0) is 74.0 Å². The van der Waals surface area contributed by atoms with Gasteiger partial charge in [-0.1, -0.05) is 53.4 Å². The molecule has 0 heterocycles. The molecule has 0 saturated heterocycles. The highest BCUT2D eigenvalue weighted by atomic mass is 16.6. The van der Waals surface area contributed by atoms with Crippen LogP contribution in [0, 0.1) is 35.5 Å². The van der Waals surface area contributed by atoms with Crippen molar-refractivity contribution in [3.05, 3.63) is 0 Å². The quantitative estimate of drug-likeness (QED) is 0.320. The Balaban J connectivity index is 1.51. The van der Waals surface area contributed by atoms with Crippen LogP contribution in [0.2, 0.25) is 0 Å². The standard InChI is InChI=1S/C25H44O4/c1-18-5-9-22(10-6-18)20(3)13-15-28-24(26)17-25(27)29-16-14-21(4)23-11-7-19(2)8-12-23/h18-23H,5-17H2,1-4H3. The highest BCUT2D eigenvalue weighted by molar-refractivity contribution is 5.91. The molecule has 0 spiro atoms. The fraction of sp³-hybridized carbons (Fsp3) is 0.920. The summed E-state index contributed by atoms with van der Waals surface area (Å²) >= 11 is 0. The van der Waals surface area contributed by atoms with E-state index in [0.29, 0.717) is 25.0 Å². The highest BCUT2D eigenvalue weighted by Crippen LogP contribution is 2.35. The smallest absolute Gasteiger partial charge is 0.317 e. The first kappa shape index (κ1) is 24.2. The van der Waals surface area contributed by atoms with Crippen LogP contribution in [-0.2, 0) is 19.1 Å². The summed E-state index contributed by atoms with van der Waals surface area (Å²) in [5.41, 5.74) is 0. The van der Waals surface area contributed by atoms with Crippen molar-refractivity contribution in [1.82, 2.24) is 0 Å². The van der Waals surface area contributed by atoms with E-state index in [1.54, 1.807) is 0 Å². The predicted octanol–water partition coefficient (Wildman–Crippen LogP) is 6.17. The first-order valence-corrected chi connectivity index (χ1v) is 12.2. The lowest BCUT2D eigenvalue weighted by Gasteiger charge is -2.30. The maximum Gasteiger partial charge on any atom is 0.317 e. The van der Waals surface area contributed by atoms with E-state index in [2.05, 4.69) is 27.7 Å². The van der Waals surface area contributed by atoms with Gasteiger partial charge in [0.15, 0.2) is 0 Å². The van der Waals surface area contributed by atoms with E-state index in [1.165, 1.54) is 51.4 Å². The van der Waals surface area contributed by atoms with E-state index in [1.807, 2.05) is 0 Å². The van der Waals surface area contributed by atoms with Crippen molar-refractivity contribution >= 4 is 11.9 Å². The molecule has 29 heavy (non-hydrogen) atoms. The third kappa shape index (κ3) is 9.09. The second-order valence-corrected chi connectivity index (χ2v) is 10.2. The molecule has 0 radical (unpaired) electrons. The van der Waals surface area contributed by atoms with Crippen LogP contribution in [0.5, 0.6) is 0 Å². The molecule has 0 amide bonds. The van der Waals surface area contributed by atoms with E-state index >= 15 is 0 Å². The lowest BCUT2D eigenvalue weighted by atomic mass is 9.76. The van der Waals surface area contributed by atoms with Crippen LogP contribution in [-0.4, -0.2) is 25.2 Å². The topological polar surface area (TPSA) is 52.6 Å². The molecule has 0 bridgehead atoms. The molecule has 2 rings (SSSR count). The lowest BCUT2D eigenvalue weighted by molar-refractivity contribution is -0.155. The molecule has 2 fully saturated rings. The number of esters is 2. The predicted molar refractivity (Wildman–Crippen MR) is 116 cm³/mol. The highest BCUT2D eigenvalue weighted by Gasteiger charge is 2.24. The SMILES string of the molecule is CC1CCC(C(C)CCOC(=O)CC(=O)OCCC(C)C2CCC(C)CC2)CC1. The van der Waals surface area contributed by atoms with Crippen molar-refractivity contribution in [3.8, 4) is 0 Å².